The zero-order chi connectivity index (χ0) is 10.8. The molecule has 1 aromatic rings. The van der Waals surface area contributed by atoms with Crippen LogP contribution in [-0.2, 0) is 6.54 Å². The van der Waals surface area contributed by atoms with Crippen LogP contribution in [0.1, 0.15) is 24.6 Å². The van der Waals surface area contributed by atoms with Crippen molar-refractivity contribution in [2.75, 3.05) is 6.54 Å². The number of alkyl halides is 1. The smallest absolute Gasteiger partial charge is 0.0489 e. The lowest BCUT2D eigenvalue weighted by atomic mass is 10.0. The van der Waals surface area contributed by atoms with Crippen LogP contribution in [0.3, 0.4) is 0 Å². The summed E-state index contributed by atoms with van der Waals surface area (Å²) in [6.45, 7) is 4.46. The highest BCUT2D eigenvalue weighted by molar-refractivity contribution is 9.10. The van der Waals surface area contributed by atoms with Crippen LogP contribution in [0.15, 0.2) is 15.9 Å². The Balaban J connectivity index is 1.99. The van der Waals surface area contributed by atoms with Gasteiger partial charge in [-0.3, -0.25) is 4.90 Å². The number of hydrogen-bond acceptors (Lipinski definition) is 2. The predicted molar refractivity (Wildman–Crippen MR) is 70.8 cm³/mol. The van der Waals surface area contributed by atoms with Gasteiger partial charge in [-0.25, -0.2) is 0 Å². The van der Waals surface area contributed by atoms with Gasteiger partial charge in [-0.05, 0) is 48.3 Å². The van der Waals surface area contributed by atoms with Gasteiger partial charge in [0.15, 0.2) is 0 Å². The molecule has 0 N–H and O–H groups in total. The van der Waals surface area contributed by atoms with E-state index in [2.05, 4.69) is 39.2 Å². The van der Waals surface area contributed by atoms with Crippen molar-refractivity contribution in [1.29, 1.82) is 0 Å². The van der Waals surface area contributed by atoms with Gasteiger partial charge < -0.3 is 0 Å². The normalized spacial score (nSPS) is 28.2. The number of nitrogens with zero attached hydrogens (tertiary/aromatic N) is 1. The van der Waals surface area contributed by atoms with Gasteiger partial charge in [0, 0.05) is 32.7 Å². The molecule has 84 valence electrons. The summed E-state index contributed by atoms with van der Waals surface area (Å²) in [7, 11) is 0. The highest BCUT2D eigenvalue weighted by atomic mass is 79.9. The Hall–Kier alpha value is 0.430. The lowest BCUT2D eigenvalue weighted by Gasteiger charge is -2.36. The van der Waals surface area contributed by atoms with E-state index in [4.69, 9.17) is 11.6 Å². The van der Waals surface area contributed by atoms with E-state index in [0.717, 1.165) is 13.0 Å². The van der Waals surface area contributed by atoms with E-state index in [-0.39, 0.29) is 0 Å². The molecule has 1 aromatic heterocycles. The second-order valence-corrected chi connectivity index (χ2v) is 6.57. The van der Waals surface area contributed by atoms with Crippen LogP contribution in [-0.4, -0.2) is 22.9 Å². The third-order valence-electron chi connectivity index (χ3n) is 3.01. The van der Waals surface area contributed by atoms with Crippen LogP contribution < -0.4 is 0 Å². The van der Waals surface area contributed by atoms with Crippen LogP contribution in [0.4, 0.5) is 0 Å². The van der Waals surface area contributed by atoms with Crippen LogP contribution in [0.5, 0.6) is 0 Å². The van der Waals surface area contributed by atoms with Crippen molar-refractivity contribution in [2.24, 2.45) is 0 Å². The summed E-state index contributed by atoms with van der Waals surface area (Å²) < 4.78 is 1.19. The minimum atomic E-state index is 0.321. The monoisotopic (exact) mass is 307 g/mol. The molecule has 2 unspecified atom stereocenters. The molecule has 1 fully saturated rings. The van der Waals surface area contributed by atoms with Crippen molar-refractivity contribution in [3.05, 3.63) is 20.8 Å². The van der Waals surface area contributed by atoms with Crippen LogP contribution in [0, 0.1) is 0 Å². The summed E-state index contributed by atoms with van der Waals surface area (Å²) in [6, 6.07) is 2.70. The van der Waals surface area contributed by atoms with E-state index in [1.807, 2.05) is 11.3 Å². The zero-order valence-corrected chi connectivity index (χ0v) is 11.9. The molecule has 1 nitrogen and oxygen atoms in total. The molecule has 0 aliphatic carbocycles. The highest BCUT2D eigenvalue weighted by Crippen LogP contribution is 2.26. The molecule has 15 heavy (non-hydrogen) atoms. The molecule has 0 aromatic carbocycles. The van der Waals surface area contributed by atoms with E-state index in [0.29, 0.717) is 11.4 Å². The van der Waals surface area contributed by atoms with Crippen molar-refractivity contribution in [1.82, 2.24) is 4.90 Å². The molecule has 0 radical (unpaired) electrons. The van der Waals surface area contributed by atoms with Crippen molar-refractivity contribution in [3.63, 3.8) is 0 Å². The van der Waals surface area contributed by atoms with Crippen LogP contribution in [0.25, 0.3) is 0 Å². The Labute approximate surface area is 109 Å². The van der Waals surface area contributed by atoms with Gasteiger partial charge in [0.1, 0.15) is 0 Å². The summed E-state index contributed by atoms with van der Waals surface area (Å²) in [5, 5.41) is 2.46. The van der Waals surface area contributed by atoms with E-state index in [1.165, 1.54) is 22.3 Å². The quantitative estimate of drug-likeness (QED) is 0.743. The summed E-state index contributed by atoms with van der Waals surface area (Å²) >= 11 is 11.6. The van der Waals surface area contributed by atoms with Crippen molar-refractivity contribution in [3.8, 4) is 0 Å². The first-order valence-corrected chi connectivity index (χ1v) is 7.39. The van der Waals surface area contributed by atoms with Gasteiger partial charge in [-0.2, -0.15) is 0 Å². The average Bonchev–Trinajstić information content (AvgIpc) is 2.59. The van der Waals surface area contributed by atoms with Gasteiger partial charge >= 0.3 is 0 Å². The summed E-state index contributed by atoms with van der Waals surface area (Å²) in [6.07, 6.45) is 2.39. The Morgan fingerprint density at radius 2 is 2.47 bits per heavy atom. The molecule has 0 spiro atoms. The van der Waals surface area contributed by atoms with Crippen LogP contribution >= 0.6 is 38.9 Å². The maximum atomic E-state index is 6.29. The molecule has 2 atom stereocenters. The first-order valence-electron chi connectivity index (χ1n) is 5.28. The molecule has 0 amide bonds. The highest BCUT2D eigenvalue weighted by Gasteiger charge is 2.26. The fourth-order valence-electron chi connectivity index (χ4n) is 2.02. The molecule has 2 heterocycles. The van der Waals surface area contributed by atoms with Crippen molar-refractivity contribution < 1.29 is 0 Å². The van der Waals surface area contributed by atoms with E-state index in [9.17, 15) is 0 Å². The molecule has 0 saturated carbocycles. The van der Waals surface area contributed by atoms with E-state index >= 15 is 0 Å². The number of likely N-dealkylation sites (tertiary alicyclic amines) is 1. The Morgan fingerprint density at radius 3 is 3.13 bits per heavy atom. The third-order valence-corrected chi connectivity index (χ3v) is 5.27. The lowest BCUT2D eigenvalue weighted by Crippen LogP contribution is -2.43. The maximum Gasteiger partial charge on any atom is 0.0489 e. The second kappa shape index (κ2) is 5.17. The fraction of sp³-hybridized carbons (Fsp3) is 0.636. The number of hydrogen-bond donors (Lipinski definition) is 0. The Morgan fingerprint density at radius 1 is 1.67 bits per heavy atom. The van der Waals surface area contributed by atoms with Gasteiger partial charge in [0.05, 0.1) is 0 Å². The van der Waals surface area contributed by atoms with Crippen LogP contribution in [0.2, 0.25) is 0 Å². The predicted octanol–water partition coefficient (Wildman–Crippen LogP) is 4.10. The molecular formula is C11H15BrClNS. The standard InChI is InChI=1S/C11H15BrClNS/c1-8-11(13)3-2-4-14(8)6-10-5-9(12)7-15-10/h5,7-8,11H,2-4,6H2,1H3. The SMILES string of the molecule is CC1C(Cl)CCCN1Cc1cc(Br)cs1. The topological polar surface area (TPSA) is 3.24 Å². The summed E-state index contributed by atoms with van der Waals surface area (Å²) in [5.74, 6) is 0. The zero-order valence-electron chi connectivity index (χ0n) is 8.75. The second-order valence-electron chi connectivity index (χ2n) is 4.10. The van der Waals surface area contributed by atoms with Crippen molar-refractivity contribution >= 4 is 38.9 Å². The van der Waals surface area contributed by atoms with Gasteiger partial charge in [-0.15, -0.1) is 22.9 Å². The minimum Gasteiger partial charge on any atom is -0.294 e. The van der Waals surface area contributed by atoms with E-state index in [1.54, 1.807) is 0 Å². The summed E-state index contributed by atoms with van der Waals surface area (Å²) in [4.78, 5) is 3.90. The number of thiophene rings is 1. The third kappa shape index (κ3) is 2.96. The molecule has 0 bridgehead atoms. The molecule has 1 aliphatic heterocycles. The molecule has 2 rings (SSSR count). The average molecular weight is 309 g/mol. The largest absolute Gasteiger partial charge is 0.294 e. The first-order chi connectivity index (χ1) is 7.16. The Kier molecular flexibility index (Phi) is 4.10. The maximum absolute atomic E-state index is 6.29. The van der Waals surface area contributed by atoms with Gasteiger partial charge in [-0.1, -0.05) is 0 Å². The number of piperidine rings is 1. The van der Waals surface area contributed by atoms with Crippen molar-refractivity contribution in [2.45, 2.75) is 37.7 Å². The lowest BCUT2D eigenvalue weighted by molar-refractivity contribution is 0.158. The molecule has 1 aliphatic rings. The number of halogens is 2. The molecular weight excluding hydrogens is 294 g/mol. The fourth-order valence-corrected chi connectivity index (χ4v) is 3.81. The minimum absolute atomic E-state index is 0.321. The van der Waals surface area contributed by atoms with Gasteiger partial charge in [0.25, 0.3) is 0 Å². The first kappa shape index (κ1) is 11.9. The van der Waals surface area contributed by atoms with E-state index < -0.39 is 0 Å². The molecule has 4 heteroatoms. The van der Waals surface area contributed by atoms with Gasteiger partial charge in [0.2, 0.25) is 0 Å². The number of rotatable bonds is 2. The Bertz CT molecular complexity index is 328. The summed E-state index contributed by atoms with van der Waals surface area (Å²) in [5.41, 5.74) is 0. The molecule has 1 saturated heterocycles.